The Labute approximate surface area is 115 Å². The van der Waals surface area contributed by atoms with Gasteiger partial charge in [0.05, 0.1) is 0 Å². The van der Waals surface area contributed by atoms with Gasteiger partial charge in [-0.3, -0.25) is 0 Å². The molecule has 98 valence electrons. The summed E-state index contributed by atoms with van der Waals surface area (Å²) in [6.45, 7) is 3.21. The number of para-hydroxylation sites is 1. The predicted molar refractivity (Wildman–Crippen MR) is 80.6 cm³/mol. The third-order valence-corrected chi connectivity index (χ3v) is 3.75. The summed E-state index contributed by atoms with van der Waals surface area (Å²) < 4.78 is 0. The van der Waals surface area contributed by atoms with Gasteiger partial charge in [0, 0.05) is 31.4 Å². The fourth-order valence-corrected chi connectivity index (χ4v) is 2.79. The van der Waals surface area contributed by atoms with E-state index in [1.807, 2.05) is 0 Å². The average Bonchev–Trinajstić information content (AvgIpc) is 2.50. The minimum atomic E-state index is 0.540. The second kappa shape index (κ2) is 5.89. The molecule has 19 heavy (non-hydrogen) atoms. The van der Waals surface area contributed by atoms with Gasteiger partial charge in [-0.1, -0.05) is 48.5 Å². The van der Waals surface area contributed by atoms with E-state index in [1.165, 1.54) is 11.3 Å². The third-order valence-electron chi connectivity index (χ3n) is 3.75. The molecular formula is C17H20N2. The van der Waals surface area contributed by atoms with Crippen molar-refractivity contribution >= 4 is 5.69 Å². The molecule has 2 aromatic rings. The number of nitrogens with one attached hydrogen (secondary N) is 1. The maximum Gasteiger partial charge on any atom is 0.0455 e. The second-order valence-corrected chi connectivity index (χ2v) is 5.08. The van der Waals surface area contributed by atoms with Gasteiger partial charge in [0.15, 0.2) is 0 Å². The lowest BCUT2D eigenvalue weighted by molar-refractivity contribution is 0.473. The number of anilines is 1. The van der Waals surface area contributed by atoms with Crippen molar-refractivity contribution in [1.82, 2.24) is 5.32 Å². The molecule has 1 aliphatic heterocycles. The van der Waals surface area contributed by atoms with Crippen LogP contribution in [0.4, 0.5) is 5.69 Å². The first-order valence-corrected chi connectivity index (χ1v) is 7.00. The number of rotatable bonds is 3. The van der Waals surface area contributed by atoms with Gasteiger partial charge in [0.2, 0.25) is 0 Å². The molecule has 0 amide bonds. The second-order valence-electron chi connectivity index (χ2n) is 5.08. The summed E-state index contributed by atoms with van der Waals surface area (Å²) >= 11 is 0. The van der Waals surface area contributed by atoms with Crippen LogP contribution in [0.1, 0.15) is 5.56 Å². The summed E-state index contributed by atoms with van der Waals surface area (Å²) in [6, 6.07) is 22.1. The molecule has 2 heteroatoms. The molecule has 1 aliphatic rings. The molecule has 1 fully saturated rings. The van der Waals surface area contributed by atoms with Crippen LogP contribution in [-0.2, 0) is 6.42 Å². The van der Waals surface area contributed by atoms with Crippen molar-refractivity contribution in [1.29, 1.82) is 0 Å². The number of hydrogen-bond acceptors (Lipinski definition) is 2. The maximum atomic E-state index is 3.51. The first kappa shape index (κ1) is 12.2. The van der Waals surface area contributed by atoms with Crippen molar-refractivity contribution < 1.29 is 0 Å². The van der Waals surface area contributed by atoms with E-state index in [1.54, 1.807) is 0 Å². The van der Waals surface area contributed by atoms with Gasteiger partial charge in [-0.15, -0.1) is 0 Å². The lowest BCUT2D eigenvalue weighted by atomic mass is 10.0. The molecule has 0 aromatic heterocycles. The molecule has 0 saturated carbocycles. The molecule has 0 aliphatic carbocycles. The van der Waals surface area contributed by atoms with E-state index in [0.717, 1.165) is 26.1 Å². The zero-order valence-corrected chi connectivity index (χ0v) is 11.1. The Morgan fingerprint density at radius 2 is 1.63 bits per heavy atom. The number of piperazine rings is 1. The van der Waals surface area contributed by atoms with Crippen LogP contribution in [0.15, 0.2) is 60.7 Å². The predicted octanol–water partition coefficient (Wildman–Crippen LogP) is 2.71. The standard InChI is InChI=1S/C17H20N2/c1-3-7-15(8-4-1)13-17-14-18-11-12-19(17)16-9-5-2-6-10-16/h1-10,17-18H,11-14H2. The van der Waals surface area contributed by atoms with Gasteiger partial charge in [-0.05, 0) is 24.1 Å². The fourth-order valence-electron chi connectivity index (χ4n) is 2.79. The van der Waals surface area contributed by atoms with Crippen LogP contribution in [0.25, 0.3) is 0 Å². The van der Waals surface area contributed by atoms with E-state index >= 15 is 0 Å². The van der Waals surface area contributed by atoms with E-state index in [9.17, 15) is 0 Å². The highest BCUT2D eigenvalue weighted by Crippen LogP contribution is 2.20. The zero-order valence-electron chi connectivity index (χ0n) is 11.1. The maximum absolute atomic E-state index is 3.51. The molecular weight excluding hydrogens is 232 g/mol. The smallest absolute Gasteiger partial charge is 0.0455 e. The molecule has 1 N–H and O–H groups in total. The van der Waals surface area contributed by atoms with Gasteiger partial charge >= 0.3 is 0 Å². The Morgan fingerprint density at radius 3 is 2.37 bits per heavy atom. The van der Waals surface area contributed by atoms with Crippen molar-refractivity contribution in [3.8, 4) is 0 Å². The Hall–Kier alpha value is -1.80. The topological polar surface area (TPSA) is 15.3 Å². The summed E-state index contributed by atoms with van der Waals surface area (Å²) in [5.74, 6) is 0. The molecule has 1 unspecified atom stereocenters. The molecule has 2 aromatic carbocycles. The molecule has 1 saturated heterocycles. The molecule has 2 nitrogen and oxygen atoms in total. The normalized spacial score (nSPS) is 19.4. The van der Waals surface area contributed by atoms with E-state index < -0.39 is 0 Å². The van der Waals surface area contributed by atoms with Crippen LogP contribution in [0.3, 0.4) is 0 Å². The van der Waals surface area contributed by atoms with Crippen LogP contribution < -0.4 is 10.2 Å². The van der Waals surface area contributed by atoms with Crippen LogP contribution >= 0.6 is 0 Å². The highest BCUT2D eigenvalue weighted by atomic mass is 15.2. The van der Waals surface area contributed by atoms with Gasteiger partial charge < -0.3 is 10.2 Å². The first-order chi connectivity index (χ1) is 9.43. The SMILES string of the molecule is c1ccc(CC2CNCCN2c2ccccc2)cc1. The molecule has 1 atom stereocenters. The Morgan fingerprint density at radius 1 is 0.947 bits per heavy atom. The van der Waals surface area contributed by atoms with Crippen molar-refractivity contribution in [2.45, 2.75) is 12.5 Å². The molecule has 0 radical (unpaired) electrons. The number of hydrogen-bond donors (Lipinski definition) is 1. The summed E-state index contributed by atoms with van der Waals surface area (Å²) in [4.78, 5) is 2.53. The third kappa shape index (κ3) is 2.96. The quantitative estimate of drug-likeness (QED) is 0.903. The van der Waals surface area contributed by atoms with Crippen molar-refractivity contribution in [2.24, 2.45) is 0 Å². The van der Waals surface area contributed by atoms with Crippen molar-refractivity contribution in [3.05, 3.63) is 66.2 Å². The summed E-state index contributed by atoms with van der Waals surface area (Å²) in [5.41, 5.74) is 2.75. The Bertz CT molecular complexity index is 495. The average molecular weight is 252 g/mol. The number of benzene rings is 2. The van der Waals surface area contributed by atoms with Gasteiger partial charge in [-0.2, -0.15) is 0 Å². The van der Waals surface area contributed by atoms with Gasteiger partial charge in [0.1, 0.15) is 0 Å². The van der Waals surface area contributed by atoms with Crippen LogP contribution in [0.2, 0.25) is 0 Å². The van der Waals surface area contributed by atoms with Crippen LogP contribution in [0.5, 0.6) is 0 Å². The van der Waals surface area contributed by atoms with E-state index in [-0.39, 0.29) is 0 Å². The molecule has 3 rings (SSSR count). The largest absolute Gasteiger partial charge is 0.366 e. The monoisotopic (exact) mass is 252 g/mol. The van der Waals surface area contributed by atoms with Crippen molar-refractivity contribution in [3.63, 3.8) is 0 Å². The molecule has 0 spiro atoms. The van der Waals surface area contributed by atoms with E-state index in [0.29, 0.717) is 6.04 Å². The van der Waals surface area contributed by atoms with Gasteiger partial charge in [0.25, 0.3) is 0 Å². The Balaban J connectivity index is 1.78. The lowest BCUT2D eigenvalue weighted by Gasteiger charge is -2.38. The highest BCUT2D eigenvalue weighted by Gasteiger charge is 2.22. The Kier molecular flexibility index (Phi) is 3.80. The highest BCUT2D eigenvalue weighted by molar-refractivity contribution is 5.48. The molecule has 0 bridgehead atoms. The van der Waals surface area contributed by atoms with Crippen LogP contribution in [-0.4, -0.2) is 25.7 Å². The summed E-state index contributed by atoms with van der Waals surface area (Å²) in [6.07, 6.45) is 1.10. The van der Waals surface area contributed by atoms with Gasteiger partial charge in [-0.25, -0.2) is 0 Å². The van der Waals surface area contributed by atoms with E-state index in [2.05, 4.69) is 70.9 Å². The summed E-state index contributed by atoms with van der Waals surface area (Å²) in [7, 11) is 0. The van der Waals surface area contributed by atoms with Crippen LogP contribution in [0, 0.1) is 0 Å². The lowest BCUT2D eigenvalue weighted by Crippen LogP contribution is -2.52. The minimum absolute atomic E-state index is 0.540. The van der Waals surface area contributed by atoms with Crippen molar-refractivity contribution in [2.75, 3.05) is 24.5 Å². The fraction of sp³-hybridized carbons (Fsp3) is 0.294. The zero-order chi connectivity index (χ0) is 12.9. The summed E-state index contributed by atoms with van der Waals surface area (Å²) in [5, 5.41) is 3.51. The first-order valence-electron chi connectivity index (χ1n) is 7.00. The minimum Gasteiger partial charge on any atom is -0.366 e. The molecule has 1 heterocycles. The van der Waals surface area contributed by atoms with E-state index in [4.69, 9.17) is 0 Å². The number of nitrogens with zero attached hydrogens (tertiary/aromatic N) is 1.